The van der Waals surface area contributed by atoms with E-state index in [1.165, 1.54) is 35.8 Å². The van der Waals surface area contributed by atoms with E-state index < -0.39 is 96.2 Å². The Hall–Kier alpha value is -5.25. The van der Waals surface area contributed by atoms with Crippen LogP contribution >= 0.6 is 29.8 Å². The van der Waals surface area contributed by atoms with Crippen molar-refractivity contribution < 1.29 is 52.3 Å². The first-order valence-corrected chi connectivity index (χ1v) is 23.5. The molecular formula is C42H54N8O11PS2+. The van der Waals surface area contributed by atoms with E-state index in [0.29, 0.717) is 12.0 Å². The van der Waals surface area contributed by atoms with Gasteiger partial charge in [0.15, 0.2) is 17.9 Å². The normalized spacial score (nSPS) is 17.5. The summed E-state index contributed by atoms with van der Waals surface area (Å²) in [7, 11) is -1.09. The van der Waals surface area contributed by atoms with Crippen LogP contribution in [-0.4, -0.2) is 90.9 Å². The van der Waals surface area contributed by atoms with E-state index in [1.54, 1.807) is 95.3 Å². The van der Waals surface area contributed by atoms with E-state index in [1.807, 2.05) is 0 Å². The van der Waals surface area contributed by atoms with Gasteiger partial charge in [0.25, 0.3) is 0 Å². The lowest BCUT2D eigenvalue weighted by Gasteiger charge is -2.30. The van der Waals surface area contributed by atoms with Gasteiger partial charge in [0.05, 0.1) is 10.6 Å². The third-order valence-electron chi connectivity index (χ3n) is 9.51. The molecule has 7 atom stereocenters. The van der Waals surface area contributed by atoms with Gasteiger partial charge in [0.1, 0.15) is 36.5 Å². The lowest BCUT2D eigenvalue weighted by molar-refractivity contribution is -0.727. The van der Waals surface area contributed by atoms with Crippen LogP contribution in [0.15, 0.2) is 95.9 Å². The summed E-state index contributed by atoms with van der Waals surface area (Å²) in [5, 5.41) is 17.1. The van der Waals surface area contributed by atoms with Crippen molar-refractivity contribution in [2.45, 2.75) is 102 Å². The number of benzene rings is 2. The number of ether oxygens (including phenoxy) is 2. The molecule has 1 aliphatic rings. The molecule has 22 heteroatoms. The van der Waals surface area contributed by atoms with E-state index in [-0.39, 0.29) is 29.4 Å². The summed E-state index contributed by atoms with van der Waals surface area (Å²) in [5.41, 5.74) is 13.0. The predicted octanol–water partition coefficient (Wildman–Crippen LogP) is 4.55. The minimum absolute atomic E-state index is 0.00273. The Labute approximate surface area is 380 Å². The summed E-state index contributed by atoms with van der Waals surface area (Å²) in [4.78, 5) is 97.7. The SMILES string of the molecule is CCC(C)C(NC(=O)[C@@H](CC1=C[N+](C(=O)[C@H](C)N)(C(=O)[C@@H](N)Cc2ccccc2)CN1SSc1ncccc1[N+](=O)[O-])NC(=O)OC(C)(C)C)O[P+]([O-])=CC(=O)OCc1ccccc1. The number of hydrogen-bond donors (Lipinski definition) is 4. The van der Waals surface area contributed by atoms with E-state index in [2.05, 4.69) is 15.6 Å². The van der Waals surface area contributed by atoms with Crippen LogP contribution in [-0.2, 0) is 46.2 Å². The van der Waals surface area contributed by atoms with Crippen molar-refractivity contribution in [3.63, 3.8) is 0 Å². The van der Waals surface area contributed by atoms with Crippen molar-refractivity contribution in [1.29, 1.82) is 0 Å². The van der Waals surface area contributed by atoms with E-state index >= 15 is 0 Å². The molecule has 0 saturated carbocycles. The van der Waals surface area contributed by atoms with Gasteiger partial charge in [-0.2, -0.15) is 4.52 Å². The fourth-order valence-electron chi connectivity index (χ4n) is 6.12. The number of nitrogens with two attached hydrogens (primary N) is 2. The van der Waals surface area contributed by atoms with Gasteiger partial charge in [-0.1, -0.05) is 74.5 Å². The first-order valence-electron chi connectivity index (χ1n) is 20.2. The molecule has 0 aliphatic carbocycles. The number of carbonyl (C=O) groups is 5. The van der Waals surface area contributed by atoms with E-state index in [4.69, 9.17) is 25.5 Å². The molecule has 0 fully saturated rings. The summed E-state index contributed by atoms with van der Waals surface area (Å²) < 4.78 is 16.9. The molecule has 19 nitrogen and oxygen atoms in total. The molecule has 0 radical (unpaired) electrons. The Bertz CT molecular complexity index is 2200. The van der Waals surface area contributed by atoms with Crippen molar-refractivity contribution in [3.8, 4) is 0 Å². The molecule has 0 saturated heterocycles. The summed E-state index contributed by atoms with van der Waals surface area (Å²) in [6.07, 6.45) is 0.469. The number of rotatable bonds is 20. The number of aromatic nitrogens is 1. The fraction of sp³-hybridized carbons (Fsp3) is 0.405. The van der Waals surface area contributed by atoms with Crippen molar-refractivity contribution in [2.24, 2.45) is 17.4 Å². The minimum Gasteiger partial charge on any atom is -0.603 e. The summed E-state index contributed by atoms with van der Waals surface area (Å²) in [5.74, 6) is -2.97. The molecule has 4 unspecified atom stereocenters. The average Bonchev–Trinajstić information content (AvgIpc) is 3.62. The maximum atomic E-state index is 14.6. The van der Waals surface area contributed by atoms with Crippen LogP contribution in [0, 0.1) is 16.0 Å². The second-order valence-electron chi connectivity index (χ2n) is 15.8. The van der Waals surface area contributed by atoms with Crippen molar-refractivity contribution in [1.82, 2.24) is 19.9 Å². The molecule has 6 N–H and O–H groups in total. The lowest BCUT2D eigenvalue weighted by Crippen LogP contribution is -2.63. The van der Waals surface area contributed by atoms with Crippen molar-refractivity contribution in [2.75, 3.05) is 6.67 Å². The Morgan fingerprint density at radius 1 is 0.969 bits per heavy atom. The third-order valence-corrected chi connectivity index (χ3v) is 12.7. The van der Waals surface area contributed by atoms with Gasteiger partial charge in [0.2, 0.25) is 19.7 Å². The Morgan fingerprint density at radius 3 is 2.20 bits per heavy atom. The molecule has 3 aromatic rings. The molecular weight excluding hydrogens is 888 g/mol. The monoisotopic (exact) mass is 941 g/mol. The first-order chi connectivity index (χ1) is 30.2. The molecule has 2 heterocycles. The van der Waals surface area contributed by atoms with Gasteiger partial charge in [-0.25, -0.2) is 24.2 Å². The molecule has 0 bridgehead atoms. The van der Waals surface area contributed by atoms with Gasteiger partial charge >= 0.3 is 29.6 Å². The zero-order chi connectivity index (χ0) is 47.2. The molecule has 4 amide bonds. The van der Waals surface area contributed by atoms with Crippen LogP contribution < -0.4 is 27.0 Å². The largest absolute Gasteiger partial charge is 0.603 e. The predicted molar refractivity (Wildman–Crippen MR) is 241 cm³/mol. The number of imide groups is 1. The van der Waals surface area contributed by atoms with Crippen LogP contribution in [0.4, 0.5) is 10.5 Å². The zero-order valence-corrected chi connectivity index (χ0v) is 38.8. The minimum atomic E-state index is -2.83. The smallest absolute Gasteiger partial charge is 0.408 e. The number of amides is 4. The quantitative estimate of drug-likeness (QED) is 0.0177. The second-order valence-corrected chi connectivity index (χ2v) is 19.0. The number of pyridine rings is 1. The number of nitrogens with one attached hydrogen (secondary N) is 2. The maximum Gasteiger partial charge on any atom is 0.408 e. The lowest BCUT2D eigenvalue weighted by atomic mass is 10.0. The van der Waals surface area contributed by atoms with Gasteiger partial charge in [-0.3, -0.25) is 19.2 Å². The van der Waals surface area contributed by atoms with Crippen molar-refractivity contribution >= 4 is 71.0 Å². The number of nitrogens with zero attached hydrogens (tertiary/aromatic N) is 4. The second kappa shape index (κ2) is 23.6. The Morgan fingerprint density at radius 2 is 1.61 bits per heavy atom. The van der Waals surface area contributed by atoms with E-state index in [0.717, 1.165) is 33.1 Å². The average molecular weight is 942 g/mol. The number of alkyl carbamates (subject to hydrolysis) is 1. The number of nitro groups is 1. The highest BCUT2D eigenvalue weighted by atomic mass is 33.1. The summed E-state index contributed by atoms with van der Waals surface area (Å²) in [6, 6.07) is 16.5. The van der Waals surface area contributed by atoms with Gasteiger partial charge in [-0.05, 0) is 62.1 Å². The molecule has 4 rings (SSSR count). The highest BCUT2D eigenvalue weighted by Crippen LogP contribution is 2.44. The molecule has 344 valence electrons. The highest BCUT2D eigenvalue weighted by Gasteiger charge is 2.53. The molecule has 64 heavy (non-hydrogen) atoms. The molecule has 2 aromatic carbocycles. The first kappa shape index (κ1) is 51.4. The van der Waals surface area contributed by atoms with Crippen LogP contribution in [0.2, 0.25) is 0 Å². The Balaban J connectivity index is 1.73. The number of carbonyl (C=O) groups excluding carboxylic acids is 5. The van der Waals surface area contributed by atoms with Gasteiger partial charge in [-0.15, -0.1) is 4.48 Å². The summed E-state index contributed by atoms with van der Waals surface area (Å²) >= 11 is 0. The fourth-order valence-corrected chi connectivity index (χ4v) is 9.15. The molecule has 1 aliphatic heterocycles. The van der Waals surface area contributed by atoms with Crippen LogP contribution in [0.3, 0.4) is 0 Å². The Kier molecular flexibility index (Phi) is 19.0. The van der Waals surface area contributed by atoms with Gasteiger partial charge in [0, 0.05) is 42.0 Å². The third kappa shape index (κ3) is 14.9. The van der Waals surface area contributed by atoms with Crippen LogP contribution in [0.5, 0.6) is 0 Å². The van der Waals surface area contributed by atoms with Crippen LogP contribution in [0.1, 0.15) is 65.5 Å². The summed E-state index contributed by atoms with van der Waals surface area (Å²) in [6.45, 7) is 9.28. The zero-order valence-electron chi connectivity index (χ0n) is 36.3. The number of hydrogen-bond acceptors (Lipinski definition) is 17. The number of quaternary nitrogens is 1. The molecule has 0 spiro atoms. The number of esters is 1. The maximum absolute atomic E-state index is 14.6. The standard InChI is InChI=1S/C42H53N8O11PS2/c1-7-27(2)37(61-62(58)25-35(51)59-24-30-17-12-9-13-18-30)47-36(52)33(46-41(55)60-42(4,5)6)22-31-23-50(39(53)28(3)43,40(54)32(44)21-29-15-10-8-11-16-29)26-48(31)64-63-38-34(49(56)57)19-14-20-45-38/h8-20,23,25,27-28,32-33,37H,7,21-22,24,26,43-44H2,1-6H3,(H-,46,47,52,55)/p+1/t27?,28-,32-,33+,37?,50?/m0/s1. The topological polar surface area (TPSA) is 271 Å². The van der Waals surface area contributed by atoms with Crippen LogP contribution in [0.25, 0.3) is 0 Å². The molecule has 1 aromatic heterocycles. The van der Waals surface area contributed by atoms with Gasteiger partial charge < -0.3 is 36.5 Å². The van der Waals surface area contributed by atoms with E-state index in [9.17, 15) is 39.0 Å². The highest BCUT2D eigenvalue weighted by molar-refractivity contribution is 8.75. The van der Waals surface area contributed by atoms with Crippen molar-refractivity contribution in [3.05, 3.63) is 112 Å².